The van der Waals surface area contributed by atoms with Crippen LogP contribution in [0.15, 0.2) is 24.4 Å². The van der Waals surface area contributed by atoms with E-state index in [0.717, 1.165) is 17.8 Å². The Morgan fingerprint density at radius 3 is 3.18 bits per heavy atom. The lowest BCUT2D eigenvalue weighted by Crippen LogP contribution is -1.78. The second kappa shape index (κ2) is 2.38. The molecular weight excluding hydrogens is 136 g/mol. The Bertz CT molecular complexity index is 329. The van der Waals surface area contributed by atoms with Crippen molar-refractivity contribution in [3.05, 3.63) is 36.3 Å². The average Bonchev–Trinajstić information content (AvgIpc) is 2.46. The van der Waals surface area contributed by atoms with Crippen LogP contribution in [0.4, 0.5) is 0 Å². The molecule has 2 nitrogen and oxygen atoms in total. The second-order valence-electron chi connectivity index (χ2n) is 2.45. The number of hydrogen-bond donors (Lipinski definition) is 0. The molecule has 0 aliphatic rings. The van der Waals surface area contributed by atoms with Crippen molar-refractivity contribution >= 4 is 5.65 Å². The lowest BCUT2D eigenvalue weighted by molar-refractivity contribution is 1.06. The Hall–Kier alpha value is -1.31. The van der Waals surface area contributed by atoms with Gasteiger partial charge in [0.25, 0.3) is 0 Å². The van der Waals surface area contributed by atoms with E-state index in [1.54, 1.807) is 0 Å². The van der Waals surface area contributed by atoms with Gasteiger partial charge in [0.05, 0.1) is 11.9 Å². The first-order chi connectivity index (χ1) is 5.40. The summed E-state index contributed by atoms with van der Waals surface area (Å²) in [6.45, 7) is 2.08. The van der Waals surface area contributed by atoms with Crippen LogP contribution in [0.1, 0.15) is 12.6 Å². The summed E-state index contributed by atoms with van der Waals surface area (Å²) in [5, 5.41) is 0. The van der Waals surface area contributed by atoms with Gasteiger partial charge in [-0.1, -0.05) is 13.0 Å². The molecular formula is C9H9N2. The SMILES string of the molecule is CCc1[c]n2ccccc2n1. The number of nitrogens with zero attached hydrogens (tertiary/aromatic N) is 2. The van der Waals surface area contributed by atoms with Gasteiger partial charge in [0.15, 0.2) is 0 Å². The van der Waals surface area contributed by atoms with E-state index in [-0.39, 0.29) is 0 Å². The number of aryl methyl sites for hydroxylation is 1. The van der Waals surface area contributed by atoms with Gasteiger partial charge >= 0.3 is 0 Å². The third-order valence-corrected chi connectivity index (χ3v) is 1.67. The van der Waals surface area contributed by atoms with Crippen LogP contribution in [0.2, 0.25) is 0 Å². The van der Waals surface area contributed by atoms with E-state index in [0.29, 0.717) is 0 Å². The predicted octanol–water partition coefficient (Wildman–Crippen LogP) is 1.70. The molecule has 0 bridgehead atoms. The molecule has 0 aliphatic carbocycles. The molecule has 55 valence electrons. The van der Waals surface area contributed by atoms with Crippen LogP contribution in [0, 0.1) is 6.20 Å². The van der Waals surface area contributed by atoms with Gasteiger partial charge in [-0.3, -0.25) is 4.40 Å². The van der Waals surface area contributed by atoms with Crippen molar-refractivity contribution in [2.24, 2.45) is 0 Å². The van der Waals surface area contributed by atoms with E-state index in [9.17, 15) is 0 Å². The van der Waals surface area contributed by atoms with Crippen LogP contribution in [0.5, 0.6) is 0 Å². The normalized spacial score (nSPS) is 10.6. The molecule has 0 saturated heterocycles. The van der Waals surface area contributed by atoms with E-state index in [2.05, 4.69) is 18.1 Å². The summed E-state index contributed by atoms with van der Waals surface area (Å²) in [6, 6.07) is 5.94. The Kier molecular flexibility index (Phi) is 1.39. The van der Waals surface area contributed by atoms with Crippen molar-refractivity contribution in [2.75, 3.05) is 0 Å². The largest absolute Gasteiger partial charge is 0.298 e. The van der Waals surface area contributed by atoms with Gasteiger partial charge in [-0.05, 0) is 18.6 Å². The minimum Gasteiger partial charge on any atom is -0.298 e. The highest BCUT2D eigenvalue weighted by Gasteiger charge is 1.96. The number of fused-ring (bicyclic) bond motifs is 1. The first-order valence-corrected chi connectivity index (χ1v) is 3.75. The first kappa shape index (κ1) is 6.40. The third kappa shape index (κ3) is 1.00. The number of imidazole rings is 1. The van der Waals surface area contributed by atoms with Gasteiger partial charge in [0.1, 0.15) is 5.65 Å². The Morgan fingerprint density at radius 2 is 2.45 bits per heavy atom. The zero-order valence-corrected chi connectivity index (χ0v) is 6.41. The highest BCUT2D eigenvalue weighted by molar-refractivity contribution is 5.38. The van der Waals surface area contributed by atoms with Gasteiger partial charge in [0, 0.05) is 6.20 Å². The number of rotatable bonds is 1. The molecule has 0 N–H and O–H groups in total. The van der Waals surface area contributed by atoms with E-state index in [1.807, 2.05) is 28.8 Å². The molecule has 0 aromatic carbocycles. The fraction of sp³-hybridized carbons (Fsp3) is 0.222. The Balaban J connectivity index is 2.69. The molecule has 0 amide bonds. The summed E-state index contributed by atoms with van der Waals surface area (Å²) in [5.74, 6) is 0. The maximum absolute atomic E-state index is 4.34. The van der Waals surface area contributed by atoms with Crippen molar-refractivity contribution in [1.82, 2.24) is 9.38 Å². The molecule has 0 saturated carbocycles. The second-order valence-corrected chi connectivity index (χ2v) is 2.45. The van der Waals surface area contributed by atoms with Crippen LogP contribution in [0.3, 0.4) is 0 Å². The summed E-state index contributed by atoms with van der Waals surface area (Å²) in [7, 11) is 0. The van der Waals surface area contributed by atoms with Crippen LogP contribution < -0.4 is 0 Å². The quantitative estimate of drug-likeness (QED) is 0.597. The zero-order chi connectivity index (χ0) is 7.68. The molecule has 2 heterocycles. The van der Waals surface area contributed by atoms with E-state index >= 15 is 0 Å². The molecule has 0 atom stereocenters. The molecule has 0 spiro atoms. The topological polar surface area (TPSA) is 17.3 Å². The van der Waals surface area contributed by atoms with Gasteiger partial charge in [-0.2, -0.15) is 0 Å². The maximum atomic E-state index is 4.34. The highest BCUT2D eigenvalue weighted by Crippen LogP contribution is 2.03. The summed E-state index contributed by atoms with van der Waals surface area (Å²) >= 11 is 0. The highest BCUT2D eigenvalue weighted by atomic mass is 15.0. The number of aromatic nitrogens is 2. The number of pyridine rings is 1. The molecule has 0 fully saturated rings. The van der Waals surface area contributed by atoms with Crippen molar-refractivity contribution < 1.29 is 0 Å². The first-order valence-electron chi connectivity index (χ1n) is 3.75. The van der Waals surface area contributed by atoms with E-state index in [4.69, 9.17) is 0 Å². The standard InChI is InChI=1S/C9H9N2/c1-2-8-7-11-6-4-3-5-9(11)10-8/h3-6H,2H2,1H3. The fourth-order valence-electron chi connectivity index (χ4n) is 1.08. The Morgan fingerprint density at radius 1 is 1.55 bits per heavy atom. The summed E-state index contributed by atoms with van der Waals surface area (Å²) in [4.78, 5) is 4.34. The van der Waals surface area contributed by atoms with E-state index < -0.39 is 0 Å². The number of hydrogen-bond acceptors (Lipinski definition) is 1. The van der Waals surface area contributed by atoms with Crippen LogP contribution in [-0.2, 0) is 6.42 Å². The predicted molar refractivity (Wildman–Crippen MR) is 43.4 cm³/mol. The van der Waals surface area contributed by atoms with Gasteiger partial charge in [-0.15, -0.1) is 0 Å². The molecule has 2 aromatic rings. The molecule has 0 aliphatic heterocycles. The van der Waals surface area contributed by atoms with Crippen molar-refractivity contribution in [1.29, 1.82) is 0 Å². The summed E-state index contributed by atoms with van der Waals surface area (Å²) in [5.41, 5.74) is 2.00. The van der Waals surface area contributed by atoms with Gasteiger partial charge in [-0.25, -0.2) is 4.98 Å². The Labute approximate surface area is 65.5 Å². The molecule has 2 heteroatoms. The van der Waals surface area contributed by atoms with Crippen LogP contribution >= 0.6 is 0 Å². The minimum absolute atomic E-state index is 0.946. The van der Waals surface area contributed by atoms with Crippen molar-refractivity contribution in [3.8, 4) is 0 Å². The molecule has 2 aromatic heterocycles. The summed E-state index contributed by atoms with van der Waals surface area (Å²) < 4.78 is 1.92. The lowest BCUT2D eigenvalue weighted by Gasteiger charge is -1.86. The van der Waals surface area contributed by atoms with Gasteiger partial charge < -0.3 is 0 Å². The van der Waals surface area contributed by atoms with Gasteiger partial charge in [0.2, 0.25) is 0 Å². The van der Waals surface area contributed by atoms with Crippen LogP contribution in [0.25, 0.3) is 5.65 Å². The van der Waals surface area contributed by atoms with Crippen LogP contribution in [-0.4, -0.2) is 9.38 Å². The molecule has 11 heavy (non-hydrogen) atoms. The molecule has 0 unspecified atom stereocenters. The molecule has 2 rings (SSSR count). The maximum Gasteiger partial charge on any atom is 0.137 e. The van der Waals surface area contributed by atoms with Crippen molar-refractivity contribution in [2.45, 2.75) is 13.3 Å². The van der Waals surface area contributed by atoms with Crippen molar-refractivity contribution in [3.63, 3.8) is 0 Å². The lowest BCUT2D eigenvalue weighted by atomic mass is 10.4. The van der Waals surface area contributed by atoms with E-state index in [1.165, 1.54) is 0 Å². The fourth-order valence-corrected chi connectivity index (χ4v) is 1.08. The summed E-state index contributed by atoms with van der Waals surface area (Å²) in [6.07, 6.45) is 6.06. The average molecular weight is 145 g/mol. The smallest absolute Gasteiger partial charge is 0.137 e. The third-order valence-electron chi connectivity index (χ3n) is 1.67. The monoisotopic (exact) mass is 145 g/mol. The zero-order valence-electron chi connectivity index (χ0n) is 6.41. The minimum atomic E-state index is 0.946. The molecule has 1 radical (unpaired) electrons.